The molecule has 1 rings (SSSR count). The zero-order valence-corrected chi connectivity index (χ0v) is 8.80. The molecule has 4 nitrogen and oxygen atoms in total. The summed E-state index contributed by atoms with van der Waals surface area (Å²) in [5.41, 5.74) is 11.1. The lowest BCUT2D eigenvalue weighted by Gasteiger charge is -2.07. The molecule has 14 heavy (non-hydrogen) atoms. The van der Waals surface area contributed by atoms with Crippen molar-refractivity contribution < 1.29 is 4.79 Å². The number of thiazole rings is 1. The van der Waals surface area contributed by atoms with Crippen LogP contribution in [0.5, 0.6) is 0 Å². The van der Waals surface area contributed by atoms with Crippen LogP contribution in [-0.4, -0.2) is 23.4 Å². The maximum atomic E-state index is 11.6. The molecule has 4 N–H and O–H groups in total. The van der Waals surface area contributed by atoms with Gasteiger partial charge in [0, 0.05) is 11.6 Å². The van der Waals surface area contributed by atoms with E-state index in [0.29, 0.717) is 18.0 Å². The number of rotatable bonds is 6. The predicted octanol–water partition coefficient (Wildman–Crippen LogP) is 0.782. The number of nitrogens with zero attached hydrogens (tertiary/aromatic N) is 1. The molecule has 1 unspecified atom stereocenters. The average molecular weight is 213 g/mol. The van der Waals surface area contributed by atoms with E-state index in [-0.39, 0.29) is 5.78 Å². The number of aromatic nitrogens is 1. The zero-order chi connectivity index (χ0) is 10.4. The van der Waals surface area contributed by atoms with Gasteiger partial charge in [0.1, 0.15) is 0 Å². The first kappa shape index (κ1) is 11.3. The van der Waals surface area contributed by atoms with Gasteiger partial charge in [-0.25, -0.2) is 4.98 Å². The Labute approximate surface area is 87.3 Å². The lowest BCUT2D eigenvalue weighted by Crippen LogP contribution is -2.30. The maximum absolute atomic E-state index is 11.6. The Hall–Kier alpha value is -0.780. The van der Waals surface area contributed by atoms with E-state index in [1.165, 1.54) is 11.3 Å². The van der Waals surface area contributed by atoms with E-state index in [1.807, 2.05) is 0 Å². The summed E-state index contributed by atoms with van der Waals surface area (Å²) < 4.78 is 0. The van der Waals surface area contributed by atoms with Crippen molar-refractivity contribution >= 4 is 17.1 Å². The largest absolute Gasteiger partial charge is 0.330 e. The van der Waals surface area contributed by atoms with Gasteiger partial charge in [-0.3, -0.25) is 4.79 Å². The van der Waals surface area contributed by atoms with Gasteiger partial charge >= 0.3 is 0 Å². The third kappa shape index (κ3) is 3.17. The fraction of sp³-hybridized carbons (Fsp3) is 0.556. The van der Waals surface area contributed by atoms with Gasteiger partial charge in [-0.05, 0) is 19.4 Å². The van der Waals surface area contributed by atoms with Crippen LogP contribution >= 0.6 is 11.3 Å². The van der Waals surface area contributed by atoms with Gasteiger partial charge in [0.25, 0.3) is 0 Å². The van der Waals surface area contributed by atoms with Crippen molar-refractivity contribution in [1.82, 2.24) is 4.98 Å². The zero-order valence-electron chi connectivity index (χ0n) is 7.98. The molecule has 0 saturated carbocycles. The van der Waals surface area contributed by atoms with E-state index >= 15 is 0 Å². The molecule has 5 heteroatoms. The summed E-state index contributed by atoms with van der Waals surface area (Å²) in [5.74, 6) is -0.0583. The van der Waals surface area contributed by atoms with Crippen molar-refractivity contribution in [2.45, 2.75) is 25.3 Å². The first-order valence-electron chi connectivity index (χ1n) is 4.65. The molecule has 0 fully saturated rings. The van der Waals surface area contributed by atoms with E-state index < -0.39 is 6.04 Å². The van der Waals surface area contributed by atoms with Crippen LogP contribution in [0.15, 0.2) is 11.6 Å². The smallest absolute Gasteiger partial charge is 0.207 e. The molecular weight excluding hydrogens is 198 g/mol. The number of Topliss-reactive ketones (excluding diaryl/α,β-unsaturated/α-hetero) is 1. The van der Waals surface area contributed by atoms with Crippen LogP contribution in [0.1, 0.15) is 29.1 Å². The van der Waals surface area contributed by atoms with E-state index in [0.717, 1.165) is 12.8 Å². The Morgan fingerprint density at radius 3 is 2.93 bits per heavy atom. The molecule has 1 aromatic heterocycles. The number of carbonyl (C=O) groups excluding carboxylic acids is 1. The predicted molar refractivity (Wildman–Crippen MR) is 57.3 cm³/mol. The first-order valence-corrected chi connectivity index (χ1v) is 5.53. The van der Waals surface area contributed by atoms with Crippen molar-refractivity contribution in [2.75, 3.05) is 6.54 Å². The molecule has 0 radical (unpaired) electrons. The molecular formula is C9H15N3OS. The fourth-order valence-electron chi connectivity index (χ4n) is 1.14. The topological polar surface area (TPSA) is 82.0 Å². The molecule has 1 atom stereocenters. The third-order valence-electron chi connectivity index (χ3n) is 1.95. The standard InChI is InChI=1S/C9H15N3OS/c10-4-2-1-3-7(11)8(13)9-12-5-6-14-9/h5-7H,1-4,10-11H2. The molecule has 0 saturated heterocycles. The highest BCUT2D eigenvalue weighted by Crippen LogP contribution is 2.09. The lowest BCUT2D eigenvalue weighted by molar-refractivity contribution is 0.0955. The second-order valence-corrected chi connectivity index (χ2v) is 3.99. The van der Waals surface area contributed by atoms with Crippen LogP contribution in [0.4, 0.5) is 0 Å². The number of carbonyl (C=O) groups is 1. The quantitative estimate of drug-likeness (QED) is 0.540. The number of ketones is 1. The molecule has 0 aromatic carbocycles. The van der Waals surface area contributed by atoms with Gasteiger partial charge in [-0.2, -0.15) is 0 Å². The molecule has 0 aliphatic carbocycles. The lowest BCUT2D eigenvalue weighted by atomic mass is 10.1. The number of hydrogen-bond acceptors (Lipinski definition) is 5. The van der Waals surface area contributed by atoms with Gasteiger partial charge in [0.05, 0.1) is 6.04 Å². The highest BCUT2D eigenvalue weighted by molar-refractivity contribution is 7.11. The summed E-state index contributed by atoms with van der Waals surface area (Å²) in [6.45, 7) is 0.651. The Morgan fingerprint density at radius 2 is 2.36 bits per heavy atom. The molecule has 0 bridgehead atoms. The van der Waals surface area contributed by atoms with Crippen molar-refractivity contribution in [2.24, 2.45) is 11.5 Å². The second-order valence-electron chi connectivity index (χ2n) is 3.09. The summed E-state index contributed by atoms with van der Waals surface area (Å²) in [6.07, 6.45) is 4.12. The Morgan fingerprint density at radius 1 is 1.57 bits per heavy atom. The molecule has 0 aliphatic heterocycles. The van der Waals surface area contributed by atoms with Crippen molar-refractivity contribution in [3.8, 4) is 0 Å². The summed E-state index contributed by atoms with van der Waals surface area (Å²) in [5, 5.41) is 2.28. The van der Waals surface area contributed by atoms with Crippen LogP contribution in [0.2, 0.25) is 0 Å². The number of hydrogen-bond donors (Lipinski definition) is 2. The van der Waals surface area contributed by atoms with Gasteiger partial charge < -0.3 is 11.5 Å². The molecule has 1 aromatic rings. The third-order valence-corrected chi connectivity index (χ3v) is 2.74. The van der Waals surface area contributed by atoms with Gasteiger partial charge in [-0.15, -0.1) is 11.3 Å². The van der Waals surface area contributed by atoms with Crippen molar-refractivity contribution in [3.05, 3.63) is 16.6 Å². The van der Waals surface area contributed by atoms with E-state index in [4.69, 9.17) is 11.5 Å². The van der Waals surface area contributed by atoms with Crippen LogP contribution in [0.3, 0.4) is 0 Å². The Bertz CT molecular complexity index is 274. The first-order chi connectivity index (χ1) is 6.75. The minimum atomic E-state index is -0.423. The summed E-state index contributed by atoms with van der Waals surface area (Å²) in [7, 11) is 0. The maximum Gasteiger partial charge on any atom is 0.207 e. The van der Waals surface area contributed by atoms with Gasteiger partial charge in [0.2, 0.25) is 5.78 Å². The number of unbranched alkanes of at least 4 members (excludes halogenated alkanes) is 1. The highest BCUT2D eigenvalue weighted by atomic mass is 32.1. The SMILES string of the molecule is NCCCCC(N)C(=O)c1nccs1. The fourth-order valence-corrected chi connectivity index (χ4v) is 1.78. The van der Waals surface area contributed by atoms with Crippen LogP contribution in [-0.2, 0) is 0 Å². The van der Waals surface area contributed by atoms with E-state index in [1.54, 1.807) is 11.6 Å². The molecule has 0 spiro atoms. The minimum Gasteiger partial charge on any atom is -0.330 e. The highest BCUT2D eigenvalue weighted by Gasteiger charge is 2.16. The van der Waals surface area contributed by atoms with Gasteiger partial charge in [0.15, 0.2) is 5.01 Å². The molecule has 0 aliphatic rings. The Balaban J connectivity index is 2.37. The van der Waals surface area contributed by atoms with Crippen LogP contribution in [0.25, 0.3) is 0 Å². The van der Waals surface area contributed by atoms with Crippen LogP contribution in [0, 0.1) is 0 Å². The van der Waals surface area contributed by atoms with Crippen molar-refractivity contribution in [3.63, 3.8) is 0 Å². The normalized spacial score (nSPS) is 12.7. The monoisotopic (exact) mass is 213 g/mol. The summed E-state index contributed by atoms with van der Waals surface area (Å²) >= 11 is 1.33. The Kier molecular flexibility index (Phi) is 4.72. The number of nitrogens with two attached hydrogens (primary N) is 2. The molecule has 0 amide bonds. The van der Waals surface area contributed by atoms with E-state index in [2.05, 4.69) is 4.98 Å². The summed E-state index contributed by atoms with van der Waals surface area (Å²) in [4.78, 5) is 15.5. The van der Waals surface area contributed by atoms with Crippen LogP contribution < -0.4 is 11.5 Å². The second kappa shape index (κ2) is 5.85. The molecule has 78 valence electrons. The molecule has 1 heterocycles. The van der Waals surface area contributed by atoms with Gasteiger partial charge in [-0.1, -0.05) is 6.42 Å². The average Bonchev–Trinajstić information content (AvgIpc) is 2.69. The minimum absolute atomic E-state index is 0.0583. The summed E-state index contributed by atoms with van der Waals surface area (Å²) in [6, 6.07) is -0.423. The van der Waals surface area contributed by atoms with Crippen molar-refractivity contribution in [1.29, 1.82) is 0 Å². The van der Waals surface area contributed by atoms with E-state index in [9.17, 15) is 4.79 Å².